The van der Waals surface area contributed by atoms with E-state index in [0.717, 1.165) is 20.7 Å². The summed E-state index contributed by atoms with van der Waals surface area (Å²) in [7, 11) is 3.15. The molecule has 0 atom stereocenters. The molecule has 1 amide bonds. The predicted octanol–water partition coefficient (Wildman–Crippen LogP) is 3.75. The molecule has 2 aromatic carbocycles. The first-order chi connectivity index (χ1) is 13.6. The highest BCUT2D eigenvalue weighted by atomic mass is 32.2. The molecule has 0 unspecified atom stereocenters. The third-order valence-corrected chi connectivity index (χ3v) is 5.96. The first kappa shape index (κ1) is 20.1. The highest BCUT2D eigenvalue weighted by molar-refractivity contribution is 7.98. The number of fused-ring (bicyclic) bond motifs is 1. The van der Waals surface area contributed by atoms with Crippen LogP contribution in [0.15, 0.2) is 46.3 Å². The van der Waals surface area contributed by atoms with E-state index in [9.17, 15) is 4.79 Å². The van der Waals surface area contributed by atoms with Gasteiger partial charge in [0.05, 0.1) is 37.4 Å². The van der Waals surface area contributed by atoms with Crippen LogP contribution in [0.3, 0.4) is 0 Å². The summed E-state index contributed by atoms with van der Waals surface area (Å²) in [5.74, 6) is 3.66. The van der Waals surface area contributed by atoms with Crippen LogP contribution >= 0.6 is 23.1 Å². The van der Waals surface area contributed by atoms with Gasteiger partial charge in [-0.3, -0.25) is 4.79 Å². The smallest absolute Gasteiger partial charge is 0.252 e. The standard InChI is InChI=1S/C21H20N2O3S2/c1-5-10-23-17-9-8-16(27-4)13-19(17)28-21(23)22-20(24)11-14-6-7-15(25-2)12-18(14)26-3/h1,6-9,12-13H,10-11H2,2-4H3. The number of carbonyl (C=O) groups is 1. The first-order valence-electron chi connectivity index (χ1n) is 8.49. The lowest BCUT2D eigenvalue weighted by Crippen LogP contribution is -2.17. The average molecular weight is 413 g/mol. The molecule has 0 spiro atoms. The van der Waals surface area contributed by atoms with E-state index in [0.29, 0.717) is 22.8 Å². The van der Waals surface area contributed by atoms with Crippen LogP contribution in [0.1, 0.15) is 5.56 Å². The number of thiazole rings is 1. The molecule has 7 heteroatoms. The number of thioether (sulfide) groups is 1. The lowest BCUT2D eigenvalue weighted by atomic mass is 10.1. The van der Waals surface area contributed by atoms with Crippen LogP contribution < -0.4 is 14.3 Å². The van der Waals surface area contributed by atoms with E-state index in [1.165, 1.54) is 11.3 Å². The summed E-state index contributed by atoms with van der Waals surface area (Å²) in [6.45, 7) is 0.358. The molecular formula is C21H20N2O3S2. The van der Waals surface area contributed by atoms with Gasteiger partial charge in [-0.25, -0.2) is 0 Å². The molecule has 0 N–H and O–H groups in total. The van der Waals surface area contributed by atoms with Crippen molar-refractivity contribution in [2.75, 3.05) is 20.5 Å². The lowest BCUT2D eigenvalue weighted by molar-refractivity contribution is -0.117. The second-order valence-electron chi connectivity index (χ2n) is 5.87. The third kappa shape index (κ3) is 4.24. The van der Waals surface area contributed by atoms with Gasteiger partial charge in [-0.05, 0) is 30.5 Å². The minimum absolute atomic E-state index is 0.132. The van der Waals surface area contributed by atoms with E-state index in [-0.39, 0.29) is 12.3 Å². The van der Waals surface area contributed by atoms with Gasteiger partial charge in [0.1, 0.15) is 11.5 Å². The van der Waals surface area contributed by atoms with Crippen LogP contribution in [0.2, 0.25) is 0 Å². The van der Waals surface area contributed by atoms with Crippen molar-refractivity contribution in [2.24, 2.45) is 4.99 Å². The largest absolute Gasteiger partial charge is 0.497 e. The van der Waals surface area contributed by atoms with Crippen molar-refractivity contribution < 1.29 is 14.3 Å². The van der Waals surface area contributed by atoms with E-state index < -0.39 is 0 Å². The Kier molecular flexibility index (Phi) is 6.45. The molecule has 5 nitrogen and oxygen atoms in total. The van der Waals surface area contributed by atoms with Crippen LogP contribution in [-0.4, -0.2) is 30.9 Å². The summed E-state index contributed by atoms with van der Waals surface area (Å²) in [5, 5.41) is 0. The van der Waals surface area contributed by atoms with Gasteiger partial charge in [0.25, 0.3) is 5.91 Å². The van der Waals surface area contributed by atoms with Crippen molar-refractivity contribution in [1.82, 2.24) is 4.57 Å². The summed E-state index contributed by atoms with van der Waals surface area (Å²) < 4.78 is 13.5. The zero-order valence-electron chi connectivity index (χ0n) is 15.9. The average Bonchev–Trinajstić information content (AvgIpc) is 3.04. The number of carbonyl (C=O) groups excluding carboxylic acids is 1. The molecule has 0 bridgehead atoms. The van der Waals surface area contributed by atoms with E-state index in [1.54, 1.807) is 38.1 Å². The molecule has 1 aromatic heterocycles. The number of nitrogens with zero attached hydrogens (tertiary/aromatic N) is 2. The summed E-state index contributed by atoms with van der Waals surface area (Å²) in [6, 6.07) is 11.5. The van der Waals surface area contributed by atoms with Crippen LogP contribution in [0.25, 0.3) is 10.2 Å². The maximum Gasteiger partial charge on any atom is 0.252 e. The molecule has 0 saturated heterocycles. The van der Waals surface area contributed by atoms with Crippen molar-refractivity contribution in [1.29, 1.82) is 0 Å². The number of aromatic nitrogens is 1. The Balaban J connectivity index is 1.98. The van der Waals surface area contributed by atoms with Crippen molar-refractivity contribution >= 4 is 39.2 Å². The minimum atomic E-state index is -0.258. The quantitative estimate of drug-likeness (QED) is 0.457. The number of hydrogen-bond acceptors (Lipinski definition) is 5. The molecule has 0 radical (unpaired) electrons. The third-order valence-electron chi connectivity index (χ3n) is 4.20. The molecule has 0 aliphatic heterocycles. The van der Waals surface area contributed by atoms with Crippen molar-refractivity contribution in [3.8, 4) is 23.8 Å². The van der Waals surface area contributed by atoms with Crippen LogP contribution in [0.5, 0.6) is 11.5 Å². The molecule has 0 fully saturated rings. The molecule has 1 heterocycles. The fourth-order valence-electron chi connectivity index (χ4n) is 2.82. The molecular weight excluding hydrogens is 392 g/mol. The van der Waals surface area contributed by atoms with Gasteiger partial charge in [0.15, 0.2) is 4.80 Å². The number of methoxy groups -OCH3 is 2. The number of terminal acetylenes is 1. The maximum atomic E-state index is 12.6. The second kappa shape index (κ2) is 9.00. The SMILES string of the molecule is C#CCn1c(=NC(=O)Cc2ccc(OC)cc2OC)sc2cc(SC)ccc21. The Morgan fingerprint density at radius 2 is 2.07 bits per heavy atom. The van der Waals surface area contributed by atoms with Crippen LogP contribution in [0.4, 0.5) is 0 Å². The Bertz CT molecular complexity index is 1120. The van der Waals surface area contributed by atoms with Gasteiger partial charge < -0.3 is 14.0 Å². The highest BCUT2D eigenvalue weighted by Gasteiger charge is 2.12. The van der Waals surface area contributed by atoms with E-state index >= 15 is 0 Å². The molecule has 144 valence electrons. The molecule has 0 aliphatic rings. The Hall–Kier alpha value is -2.69. The zero-order chi connectivity index (χ0) is 20.1. The predicted molar refractivity (Wildman–Crippen MR) is 114 cm³/mol. The van der Waals surface area contributed by atoms with Crippen LogP contribution in [0, 0.1) is 12.3 Å². The summed E-state index contributed by atoms with van der Waals surface area (Å²) in [4.78, 5) is 18.7. The summed E-state index contributed by atoms with van der Waals surface area (Å²) >= 11 is 3.13. The van der Waals surface area contributed by atoms with Crippen molar-refractivity contribution in [3.05, 3.63) is 46.8 Å². The Morgan fingerprint density at radius 1 is 1.25 bits per heavy atom. The fraction of sp³-hybridized carbons (Fsp3) is 0.238. The van der Waals surface area contributed by atoms with E-state index in [2.05, 4.69) is 17.0 Å². The van der Waals surface area contributed by atoms with Gasteiger partial charge in [-0.15, -0.1) is 18.2 Å². The Morgan fingerprint density at radius 3 is 2.75 bits per heavy atom. The molecule has 0 aliphatic carbocycles. The first-order valence-corrected chi connectivity index (χ1v) is 10.5. The number of amides is 1. The lowest BCUT2D eigenvalue weighted by Gasteiger charge is -2.08. The molecule has 28 heavy (non-hydrogen) atoms. The number of hydrogen-bond donors (Lipinski definition) is 0. The van der Waals surface area contributed by atoms with Gasteiger partial charge in [0.2, 0.25) is 0 Å². The molecule has 3 rings (SSSR count). The van der Waals surface area contributed by atoms with Gasteiger partial charge in [-0.2, -0.15) is 4.99 Å². The topological polar surface area (TPSA) is 52.8 Å². The monoisotopic (exact) mass is 412 g/mol. The molecule has 0 saturated carbocycles. The zero-order valence-corrected chi connectivity index (χ0v) is 17.5. The summed E-state index contributed by atoms with van der Waals surface area (Å²) in [5.41, 5.74) is 1.74. The number of benzene rings is 2. The maximum absolute atomic E-state index is 12.6. The normalized spacial score (nSPS) is 11.4. The van der Waals surface area contributed by atoms with E-state index in [1.807, 2.05) is 29.0 Å². The Labute approximate surface area is 172 Å². The summed E-state index contributed by atoms with van der Waals surface area (Å²) in [6.07, 6.45) is 7.69. The van der Waals surface area contributed by atoms with Gasteiger partial charge in [-0.1, -0.05) is 23.3 Å². The molecule has 3 aromatic rings. The highest BCUT2D eigenvalue weighted by Crippen LogP contribution is 2.26. The van der Waals surface area contributed by atoms with Crippen molar-refractivity contribution in [3.63, 3.8) is 0 Å². The van der Waals surface area contributed by atoms with Gasteiger partial charge >= 0.3 is 0 Å². The second-order valence-corrected chi connectivity index (χ2v) is 7.76. The fourth-order valence-corrected chi connectivity index (χ4v) is 4.42. The van der Waals surface area contributed by atoms with E-state index in [4.69, 9.17) is 15.9 Å². The van der Waals surface area contributed by atoms with Crippen molar-refractivity contribution in [2.45, 2.75) is 17.9 Å². The number of rotatable bonds is 6. The number of ether oxygens (including phenoxy) is 2. The van der Waals surface area contributed by atoms with Crippen LogP contribution in [-0.2, 0) is 17.8 Å². The van der Waals surface area contributed by atoms with Gasteiger partial charge in [0, 0.05) is 16.5 Å². The minimum Gasteiger partial charge on any atom is -0.497 e.